The highest BCUT2D eigenvalue weighted by Gasteiger charge is 2.61. The lowest BCUT2D eigenvalue weighted by atomic mass is 9.94. The SMILES string of the molecule is O=C(CN1C(=O)[C@@H]2C1[C@@H](OC1CCCCO1)CN2C(=O)O)OCc1ccccc1. The van der Waals surface area contributed by atoms with Crippen LogP contribution in [0.2, 0.25) is 0 Å². The monoisotopic (exact) mass is 404 g/mol. The third-order valence-corrected chi connectivity index (χ3v) is 5.57. The Hall–Kier alpha value is -2.65. The van der Waals surface area contributed by atoms with Gasteiger partial charge >= 0.3 is 12.1 Å². The molecule has 3 fully saturated rings. The van der Waals surface area contributed by atoms with Crippen LogP contribution < -0.4 is 0 Å². The van der Waals surface area contributed by atoms with Crippen molar-refractivity contribution in [2.75, 3.05) is 19.7 Å². The van der Waals surface area contributed by atoms with Gasteiger partial charge in [-0.15, -0.1) is 0 Å². The van der Waals surface area contributed by atoms with Crippen molar-refractivity contribution < 1.29 is 33.7 Å². The number of fused-ring (bicyclic) bond motifs is 1. The maximum absolute atomic E-state index is 12.5. The molecule has 156 valence electrons. The van der Waals surface area contributed by atoms with Crippen molar-refractivity contribution in [3.05, 3.63) is 35.9 Å². The highest BCUT2D eigenvalue weighted by Crippen LogP contribution is 2.36. The van der Waals surface area contributed by atoms with E-state index in [9.17, 15) is 19.5 Å². The van der Waals surface area contributed by atoms with Crippen molar-refractivity contribution in [2.45, 2.75) is 50.3 Å². The van der Waals surface area contributed by atoms with E-state index >= 15 is 0 Å². The smallest absolute Gasteiger partial charge is 0.408 e. The second-order valence-corrected chi connectivity index (χ2v) is 7.45. The quantitative estimate of drug-likeness (QED) is 0.561. The van der Waals surface area contributed by atoms with Crippen LogP contribution >= 0.6 is 0 Å². The molecule has 0 spiro atoms. The number of nitrogens with zero attached hydrogens (tertiary/aromatic N) is 2. The summed E-state index contributed by atoms with van der Waals surface area (Å²) < 4.78 is 16.8. The number of likely N-dealkylation sites (tertiary alicyclic amines) is 2. The topological polar surface area (TPSA) is 106 Å². The first kappa shape index (κ1) is 19.7. The summed E-state index contributed by atoms with van der Waals surface area (Å²) in [7, 11) is 0. The first-order chi connectivity index (χ1) is 14.0. The summed E-state index contributed by atoms with van der Waals surface area (Å²) in [5, 5.41) is 9.43. The minimum absolute atomic E-state index is 0.0752. The molecule has 1 N–H and O–H groups in total. The Kier molecular flexibility index (Phi) is 5.68. The van der Waals surface area contributed by atoms with Crippen molar-refractivity contribution in [2.24, 2.45) is 0 Å². The Balaban J connectivity index is 1.38. The lowest BCUT2D eigenvalue weighted by Crippen LogP contribution is -2.70. The summed E-state index contributed by atoms with van der Waals surface area (Å²) in [5.41, 5.74) is 0.849. The van der Waals surface area contributed by atoms with E-state index < -0.39 is 42.4 Å². The number of esters is 1. The zero-order valence-electron chi connectivity index (χ0n) is 15.9. The summed E-state index contributed by atoms with van der Waals surface area (Å²) >= 11 is 0. The molecule has 0 saturated carbocycles. The molecule has 3 aliphatic heterocycles. The average molecular weight is 404 g/mol. The molecular weight excluding hydrogens is 380 g/mol. The number of hydrogen-bond acceptors (Lipinski definition) is 6. The standard InChI is InChI=1S/C20H24N2O7/c23-15(28-12-13-6-2-1-3-7-13)11-21-17-14(29-16-8-4-5-9-27-16)10-22(20(25)26)18(17)19(21)24/h1-3,6-7,14,16-18H,4-5,8-12H2,(H,25,26)/t14-,16?,17?,18-/m0/s1. The molecule has 3 aliphatic rings. The number of rotatable bonds is 6. The van der Waals surface area contributed by atoms with Crippen molar-refractivity contribution in [3.63, 3.8) is 0 Å². The van der Waals surface area contributed by atoms with Gasteiger partial charge in [-0.2, -0.15) is 0 Å². The summed E-state index contributed by atoms with van der Waals surface area (Å²) in [4.78, 5) is 38.8. The Morgan fingerprint density at radius 3 is 2.69 bits per heavy atom. The Labute approximate surface area is 168 Å². The lowest BCUT2D eigenvalue weighted by Gasteiger charge is -2.45. The predicted molar refractivity (Wildman–Crippen MR) is 98.7 cm³/mol. The van der Waals surface area contributed by atoms with Gasteiger partial charge in [0.2, 0.25) is 5.91 Å². The van der Waals surface area contributed by atoms with Gasteiger partial charge in [-0.1, -0.05) is 30.3 Å². The van der Waals surface area contributed by atoms with E-state index in [2.05, 4.69) is 0 Å². The predicted octanol–water partition coefficient (Wildman–Crippen LogP) is 1.21. The molecule has 4 rings (SSSR count). The Bertz CT molecular complexity index is 765. The van der Waals surface area contributed by atoms with Gasteiger partial charge in [0, 0.05) is 6.61 Å². The molecule has 0 aromatic heterocycles. The number of benzene rings is 1. The van der Waals surface area contributed by atoms with Crippen molar-refractivity contribution in [1.82, 2.24) is 9.80 Å². The van der Waals surface area contributed by atoms with Crippen LogP contribution in [-0.2, 0) is 30.4 Å². The molecule has 2 unspecified atom stereocenters. The number of ether oxygens (including phenoxy) is 3. The maximum atomic E-state index is 12.5. The third-order valence-electron chi connectivity index (χ3n) is 5.57. The van der Waals surface area contributed by atoms with Gasteiger partial charge in [0.15, 0.2) is 6.29 Å². The molecule has 2 amide bonds. The second kappa shape index (κ2) is 8.38. The molecule has 3 saturated heterocycles. The van der Waals surface area contributed by atoms with Gasteiger partial charge < -0.3 is 24.2 Å². The van der Waals surface area contributed by atoms with Gasteiger partial charge in [0.1, 0.15) is 25.3 Å². The fraction of sp³-hybridized carbons (Fsp3) is 0.550. The molecule has 9 heteroatoms. The van der Waals surface area contributed by atoms with E-state index in [1.807, 2.05) is 30.3 Å². The fourth-order valence-corrected chi connectivity index (χ4v) is 4.13. The Morgan fingerprint density at radius 1 is 1.21 bits per heavy atom. The molecule has 4 atom stereocenters. The van der Waals surface area contributed by atoms with Gasteiger partial charge in [-0.05, 0) is 24.8 Å². The van der Waals surface area contributed by atoms with E-state index in [4.69, 9.17) is 14.2 Å². The van der Waals surface area contributed by atoms with Crippen LogP contribution in [0.1, 0.15) is 24.8 Å². The first-order valence-corrected chi connectivity index (χ1v) is 9.81. The number of hydrogen-bond donors (Lipinski definition) is 1. The molecule has 0 aliphatic carbocycles. The van der Waals surface area contributed by atoms with E-state index in [0.717, 1.165) is 29.7 Å². The molecule has 0 bridgehead atoms. The van der Waals surface area contributed by atoms with Crippen LogP contribution in [0.4, 0.5) is 4.79 Å². The van der Waals surface area contributed by atoms with Gasteiger partial charge in [0.05, 0.1) is 12.6 Å². The summed E-state index contributed by atoms with van der Waals surface area (Å²) in [6.45, 7) is 0.562. The molecule has 3 heterocycles. The van der Waals surface area contributed by atoms with Crippen LogP contribution in [0.3, 0.4) is 0 Å². The minimum atomic E-state index is -1.17. The number of β-lactam (4-membered cyclic amide) rings is 1. The molecule has 1 aromatic carbocycles. The highest BCUT2D eigenvalue weighted by molar-refractivity contribution is 5.95. The zero-order chi connectivity index (χ0) is 20.4. The number of amides is 2. The average Bonchev–Trinajstić information content (AvgIpc) is 3.07. The van der Waals surface area contributed by atoms with Crippen LogP contribution in [0.5, 0.6) is 0 Å². The summed E-state index contributed by atoms with van der Waals surface area (Å²) in [5.74, 6) is -0.938. The maximum Gasteiger partial charge on any atom is 0.408 e. The molecule has 1 aromatic rings. The van der Waals surface area contributed by atoms with E-state index in [1.165, 1.54) is 4.90 Å². The highest BCUT2D eigenvalue weighted by atomic mass is 16.7. The number of carbonyl (C=O) groups excluding carboxylic acids is 2. The molecule has 0 radical (unpaired) electrons. The minimum Gasteiger partial charge on any atom is -0.465 e. The van der Waals surface area contributed by atoms with Crippen molar-refractivity contribution in [1.29, 1.82) is 0 Å². The van der Waals surface area contributed by atoms with Crippen LogP contribution in [0.25, 0.3) is 0 Å². The van der Waals surface area contributed by atoms with Gasteiger partial charge in [-0.25, -0.2) is 4.79 Å². The first-order valence-electron chi connectivity index (χ1n) is 9.81. The van der Waals surface area contributed by atoms with Crippen LogP contribution in [0, 0.1) is 0 Å². The van der Waals surface area contributed by atoms with Crippen molar-refractivity contribution in [3.8, 4) is 0 Å². The Morgan fingerprint density at radius 2 is 2.00 bits per heavy atom. The molecule has 29 heavy (non-hydrogen) atoms. The fourth-order valence-electron chi connectivity index (χ4n) is 4.13. The van der Waals surface area contributed by atoms with E-state index in [-0.39, 0.29) is 19.7 Å². The number of carbonyl (C=O) groups is 3. The summed E-state index contributed by atoms with van der Waals surface area (Å²) in [6.07, 6.45) is 0.562. The van der Waals surface area contributed by atoms with E-state index in [0.29, 0.717) is 6.61 Å². The third kappa shape index (κ3) is 4.06. The molecule has 9 nitrogen and oxygen atoms in total. The summed E-state index contributed by atoms with van der Waals surface area (Å²) in [6, 6.07) is 7.93. The molecular formula is C20H24N2O7. The normalized spacial score (nSPS) is 28.6. The zero-order valence-corrected chi connectivity index (χ0v) is 15.9. The second-order valence-electron chi connectivity index (χ2n) is 7.45. The van der Waals surface area contributed by atoms with E-state index in [1.54, 1.807) is 0 Å². The van der Waals surface area contributed by atoms with Gasteiger partial charge in [-0.3, -0.25) is 14.5 Å². The van der Waals surface area contributed by atoms with Gasteiger partial charge in [0.25, 0.3) is 0 Å². The van der Waals surface area contributed by atoms with Crippen LogP contribution in [0.15, 0.2) is 30.3 Å². The number of carboxylic acid groups (broad SMARTS) is 1. The lowest BCUT2D eigenvalue weighted by molar-refractivity contribution is -0.202. The largest absolute Gasteiger partial charge is 0.465 e. The van der Waals surface area contributed by atoms with Crippen molar-refractivity contribution >= 4 is 18.0 Å². The van der Waals surface area contributed by atoms with Crippen LogP contribution in [-0.4, -0.2) is 77.1 Å².